The number of nitrogens with one attached hydrogen (secondary N) is 1. The van der Waals surface area contributed by atoms with Crippen LogP contribution in [-0.4, -0.2) is 7.11 Å². The molecular weight excluding hydrogens is 274 g/mol. The van der Waals surface area contributed by atoms with Gasteiger partial charge in [-0.3, -0.25) is 5.84 Å². The van der Waals surface area contributed by atoms with Crippen LogP contribution < -0.4 is 16.0 Å². The summed E-state index contributed by atoms with van der Waals surface area (Å²) < 4.78 is 33.1. The summed E-state index contributed by atoms with van der Waals surface area (Å²) in [6.07, 6.45) is 0. The smallest absolute Gasteiger partial charge is 0.164 e. The van der Waals surface area contributed by atoms with Gasteiger partial charge in [0, 0.05) is 5.56 Å². The molecule has 0 aliphatic rings. The number of benzene rings is 2. The second-order valence-electron chi connectivity index (χ2n) is 4.93. The number of aryl methyl sites for hydroxylation is 2. The maximum Gasteiger partial charge on any atom is 0.164 e. The fourth-order valence-electron chi connectivity index (χ4n) is 2.33. The van der Waals surface area contributed by atoms with E-state index in [4.69, 9.17) is 10.6 Å². The van der Waals surface area contributed by atoms with E-state index in [1.165, 1.54) is 19.1 Å². The molecule has 5 heteroatoms. The maximum atomic E-state index is 14.1. The number of halogens is 2. The highest BCUT2D eigenvalue weighted by molar-refractivity contribution is 5.41. The topological polar surface area (TPSA) is 47.3 Å². The average molecular weight is 292 g/mol. The highest BCUT2D eigenvalue weighted by atomic mass is 19.2. The Bertz CT molecular complexity index is 659. The molecule has 0 saturated carbocycles. The summed E-state index contributed by atoms with van der Waals surface area (Å²) >= 11 is 0. The molecular formula is C16H18F2N2O. The summed E-state index contributed by atoms with van der Waals surface area (Å²) in [5.74, 6) is 4.54. The molecule has 0 radical (unpaired) electrons. The van der Waals surface area contributed by atoms with Crippen LogP contribution in [0.2, 0.25) is 0 Å². The van der Waals surface area contributed by atoms with E-state index in [0.29, 0.717) is 0 Å². The molecule has 1 atom stereocenters. The van der Waals surface area contributed by atoms with E-state index in [-0.39, 0.29) is 11.1 Å². The number of rotatable bonds is 4. The number of nitrogens with two attached hydrogens (primary N) is 1. The van der Waals surface area contributed by atoms with Crippen LogP contribution in [0.5, 0.6) is 5.75 Å². The van der Waals surface area contributed by atoms with E-state index in [0.717, 1.165) is 16.9 Å². The monoisotopic (exact) mass is 292 g/mol. The van der Waals surface area contributed by atoms with Gasteiger partial charge in [-0.25, -0.2) is 14.2 Å². The first-order valence-corrected chi connectivity index (χ1v) is 6.54. The van der Waals surface area contributed by atoms with E-state index in [9.17, 15) is 8.78 Å². The zero-order valence-electron chi connectivity index (χ0n) is 12.2. The van der Waals surface area contributed by atoms with Gasteiger partial charge in [-0.15, -0.1) is 0 Å². The normalized spacial score (nSPS) is 12.3. The van der Waals surface area contributed by atoms with Crippen molar-refractivity contribution in [1.29, 1.82) is 0 Å². The van der Waals surface area contributed by atoms with Crippen LogP contribution in [0.1, 0.15) is 28.3 Å². The Hall–Kier alpha value is -1.98. The lowest BCUT2D eigenvalue weighted by Crippen LogP contribution is -2.30. The number of ether oxygens (including phenoxy) is 1. The lowest BCUT2D eigenvalue weighted by molar-refractivity contribution is 0.411. The van der Waals surface area contributed by atoms with Crippen LogP contribution in [0.3, 0.4) is 0 Å². The van der Waals surface area contributed by atoms with Crippen molar-refractivity contribution in [2.24, 2.45) is 5.84 Å². The molecule has 2 aromatic carbocycles. The summed E-state index contributed by atoms with van der Waals surface area (Å²) in [6.45, 7) is 3.40. The number of methoxy groups -OCH3 is 1. The molecule has 0 heterocycles. The lowest BCUT2D eigenvalue weighted by Gasteiger charge is -2.19. The third-order valence-electron chi connectivity index (χ3n) is 3.54. The van der Waals surface area contributed by atoms with Gasteiger partial charge in [0.25, 0.3) is 0 Å². The molecule has 3 nitrogen and oxygen atoms in total. The minimum atomic E-state index is -0.883. The van der Waals surface area contributed by atoms with Crippen LogP contribution in [-0.2, 0) is 0 Å². The summed E-state index contributed by atoms with van der Waals surface area (Å²) in [7, 11) is 1.58. The third-order valence-corrected chi connectivity index (χ3v) is 3.54. The number of hydrogen-bond donors (Lipinski definition) is 2. The van der Waals surface area contributed by atoms with Crippen molar-refractivity contribution in [3.8, 4) is 5.75 Å². The van der Waals surface area contributed by atoms with Crippen LogP contribution in [0.25, 0.3) is 0 Å². The summed E-state index contributed by atoms with van der Waals surface area (Å²) in [4.78, 5) is 0. The van der Waals surface area contributed by atoms with Crippen molar-refractivity contribution in [2.45, 2.75) is 19.9 Å². The van der Waals surface area contributed by atoms with E-state index in [1.807, 2.05) is 13.0 Å². The predicted octanol–water partition coefficient (Wildman–Crippen LogP) is 3.14. The number of hydrogen-bond acceptors (Lipinski definition) is 3. The van der Waals surface area contributed by atoms with E-state index in [1.54, 1.807) is 19.2 Å². The zero-order valence-corrected chi connectivity index (χ0v) is 12.2. The molecule has 2 rings (SSSR count). The molecule has 0 aromatic heterocycles. The Balaban J connectivity index is 2.50. The SMILES string of the molecule is COc1ccc(C(NN)c2ccc(C)c(F)c2F)cc1C. The Morgan fingerprint density at radius 3 is 2.33 bits per heavy atom. The molecule has 0 aliphatic carbocycles. The van der Waals surface area contributed by atoms with Crippen molar-refractivity contribution in [3.63, 3.8) is 0 Å². The van der Waals surface area contributed by atoms with Crippen LogP contribution in [0.4, 0.5) is 8.78 Å². The van der Waals surface area contributed by atoms with Crippen molar-refractivity contribution >= 4 is 0 Å². The first kappa shape index (κ1) is 15.4. The van der Waals surface area contributed by atoms with Crippen LogP contribution >= 0.6 is 0 Å². The zero-order chi connectivity index (χ0) is 15.6. The molecule has 0 spiro atoms. The molecule has 1 unspecified atom stereocenters. The molecule has 21 heavy (non-hydrogen) atoms. The Morgan fingerprint density at radius 2 is 1.76 bits per heavy atom. The quantitative estimate of drug-likeness (QED) is 0.672. The van der Waals surface area contributed by atoms with E-state index < -0.39 is 17.7 Å². The van der Waals surface area contributed by atoms with Gasteiger partial charge in [-0.05, 0) is 36.6 Å². The third kappa shape index (κ3) is 2.89. The minimum Gasteiger partial charge on any atom is -0.496 e. The second-order valence-corrected chi connectivity index (χ2v) is 4.93. The highest BCUT2D eigenvalue weighted by Gasteiger charge is 2.20. The van der Waals surface area contributed by atoms with Crippen molar-refractivity contribution in [1.82, 2.24) is 5.43 Å². The highest BCUT2D eigenvalue weighted by Crippen LogP contribution is 2.29. The first-order chi connectivity index (χ1) is 9.99. The van der Waals surface area contributed by atoms with Crippen molar-refractivity contribution < 1.29 is 13.5 Å². The standard InChI is InChI=1S/C16H18F2N2O/c1-9-4-6-12(15(18)14(9)17)16(20-19)11-5-7-13(21-3)10(2)8-11/h4-8,16,20H,19H2,1-3H3. The number of hydrazine groups is 1. The van der Waals surface area contributed by atoms with Gasteiger partial charge in [-0.1, -0.05) is 24.3 Å². The van der Waals surface area contributed by atoms with Gasteiger partial charge in [0.05, 0.1) is 13.2 Å². The Kier molecular flexibility index (Phi) is 4.55. The van der Waals surface area contributed by atoms with Gasteiger partial charge >= 0.3 is 0 Å². The molecule has 0 fully saturated rings. The van der Waals surface area contributed by atoms with Gasteiger partial charge in [0.2, 0.25) is 0 Å². The largest absolute Gasteiger partial charge is 0.496 e. The lowest BCUT2D eigenvalue weighted by atomic mass is 9.96. The Labute approximate surface area is 122 Å². The van der Waals surface area contributed by atoms with Gasteiger partial charge in [0.1, 0.15) is 5.75 Å². The average Bonchev–Trinajstić information content (AvgIpc) is 2.48. The molecule has 0 aliphatic heterocycles. The summed E-state index contributed by atoms with van der Waals surface area (Å²) in [5, 5.41) is 0. The van der Waals surface area contributed by atoms with Gasteiger partial charge in [0.15, 0.2) is 11.6 Å². The molecule has 2 aromatic rings. The minimum absolute atomic E-state index is 0.171. The fourth-order valence-corrected chi connectivity index (χ4v) is 2.33. The molecule has 0 amide bonds. The maximum absolute atomic E-state index is 14.1. The van der Waals surface area contributed by atoms with Gasteiger partial charge < -0.3 is 4.74 Å². The van der Waals surface area contributed by atoms with Crippen LogP contribution in [0.15, 0.2) is 30.3 Å². The Morgan fingerprint density at radius 1 is 1.05 bits per heavy atom. The van der Waals surface area contributed by atoms with Crippen LogP contribution in [0, 0.1) is 25.5 Å². The van der Waals surface area contributed by atoms with Gasteiger partial charge in [-0.2, -0.15) is 0 Å². The van der Waals surface area contributed by atoms with E-state index in [2.05, 4.69) is 5.43 Å². The van der Waals surface area contributed by atoms with Crippen molar-refractivity contribution in [2.75, 3.05) is 7.11 Å². The second kappa shape index (κ2) is 6.20. The molecule has 0 bridgehead atoms. The van der Waals surface area contributed by atoms with E-state index >= 15 is 0 Å². The summed E-state index contributed by atoms with van der Waals surface area (Å²) in [5.41, 5.74) is 4.60. The molecule has 0 saturated heterocycles. The first-order valence-electron chi connectivity index (χ1n) is 6.54. The van der Waals surface area contributed by atoms with Crippen molar-refractivity contribution in [3.05, 3.63) is 64.2 Å². The molecule has 112 valence electrons. The summed E-state index contributed by atoms with van der Waals surface area (Å²) in [6, 6.07) is 7.82. The predicted molar refractivity (Wildman–Crippen MR) is 78.0 cm³/mol. The molecule has 3 N–H and O–H groups in total. The fraction of sp³-hybridized carbons (Fsp3) is 0.250.